The van der Waals surface area contributed by atoms with Gasteiger partial charge in [-0.1, -0.05) is 12.1 Å². The lowest BCUT2D eigenvalue weighted by molar-refractivity contribution is -0.166. The number of carboxylic acid groups (broad SMARTS) is 1. The summed E-state index contributed by atoms with van der Waals surface area (Å²) in [5.41, 5.74) is -4.62. The summed E-state index contributed by atoms with van der Waals surface area (Å²) in [7, 11) is -3.53. The van der Waals surface area contributed by atoms with E-state index in [1.165, 1.54) is 17.0 Å². The molecule has 2 saturated heterocycles. The van der Waals surface area contributed by atoms with E-state index in [9.17, 15) is 36.3 Å². The second-order valence-corrected chi connectivity index (χ2v) is 9.46. The molecule has 1 N–H and O–H groups in total. The zero-order valence-electron chi connectivity index (χ0n) is 14.2. The van der Waals surface area contributed by atoms with E-state index in [2.05, 4.69) is 10.2 Å². The fourth-order valence-electron chi connectivity index (χ4n) is 4.06. The van der Waals surface area contributed by atoms with Gasteiger partial charge in [-0.3, -0.25) is 9.59 Å². The lowest BCUT2D eigenvalue weighted by Crippen LogP contribution is -2.40. The fraction of sp³-hybridized carbons (Fsp3) is 0.500. The standard InChI is InChI=1S/C16H14F3N3O5S/c17-16(18,19)15(20-21-15)10-3-1-2-9(4-10)12(23)22-5-11-6-28(26,27)8-14(11,7-22)13(24)25/h1-4,11H,5-8H2,(H,24,25)/t11-,14-/m0/s1. The van der Waals surface area contributed by atoms with Crippen LogP contribution in [0.2, 0.25) is 0 Å². The third kappa shape index (κ3) is 2.61. The highest BCUT2D eigenvalue weighted by atomic mass is 32.2. The molecule has 8 nitrogen and oxygen atoms in total. The van der Waals surface area contributed by atoms with E-state index in [1.54, 1.807) is 0 Å². The molecule has 1 aromatic rings. The molecule has 0 aromatic heterocycles. The summed E-state index contributed by atoms with van der Waals surface area (Å²) in [5.74, 6) is -3.60. The molecule has 0 saturated carbocycles. The molecule has 28 heavy (non-hydrogen) atoms. The third-order valence-electron chi connectivity index (χ3n) is 5.55. The molecule has 12 heteroatoms. The van der Waals surface area contributed by atoms with E-state index in [1.807, 2.05) is 0 Å². The SMILES string of the molecule is O=C(c1cccc(C2(C(F)(F)F)N=N2)c1)N1C[C@H]2CS(=O)(=O)C[C@@]2(C(=O)O)C1. The molecule has 3 heterocycles. The maximum absolute atomic E-state index is 13.2. The van der Waals surface area contributed by atoms with Crippen molar-refractivity contribution in [3.05, 3.63) is 35.4 Å². The van der Waals surface area contributed by atoms with Crippen LogP contribution in [0.3, 0.4) is 0 Å². The van der Waals surface area contributed by atoms with Gasteiger partial charge in [-0.25, -0.2) is 8.42 Å². The Morgan fingerprint density at radius 2 is 1.93 bits per heavy atom. The number of halogens is 3. The summed E-state index contributed by atoms with van der Waals surface area (Å²) < 4.78 is 63.3. The Morgan fingerprint density at radius 1 is 1.25 bits per heavy atom. The van der Waals surface area contributed by atoms with Gasteiger partial charge in [0.1, 0.15) is 5.41 Å². The van der Waals surface area contributed by atoms with Gasteiger partial charge in [0.25, 0.3) is 5.91 Å². The predicted molar refractivity (Wildman–Crippen MR) is 87.1 cm³/mol. The average Bonchev–Trinajstić information content (AvgIpc) is 3.27. The van der Waals surface area contributed by atoms with Gasteiger partial charge in [0, 0.05) is 30.1 Å². The van der Waals surface area contributed by atoms with Crippen molar-refractivity contribution in [2.75, 3.05) is 24.6 Å². The predicted octanol–water partition coefficient (Wildman–Crippen LogP) is 1.44. The van der Waals surface area contributed by atoms with Gasteiger partial charge in [-0.15, -0.1) is 10.2 Å². The molecular weight excluding hydrogens is 403 g/mol. The number of benzene rings is 1. The van der Waals surface area contributed by atoms with Crippen LogP contribution >= 0.6 is 0 Å². The molecule has 3 aliphatic heterocycles. The van der Waals surface area contributed by atoms with Crippen molar-refractivity contribution in [1.82, 2.24) is 4.90 Å². The smallest absolute Gasteiger partial charge is 0.442 e. The van der Waals surface area contributed by atoms with Crippen molar-refractivity contribution < 1.29 is 36.3 Å². The minimum absolute atomic E-state index is 0.0678. The van der Waals surface area contributed by atoms with E-state index < -0.39 is 50.6 Å². The zero-order valence-corrected chi connectivity index (χ0v) is 15.0. The molecule has 0 unspecified atom stereocenters. The molecule has 1 aromatic carbocycles. The van der Waals surface area contributed by atoms with Crippen molar-refractivity contribution in [3.63, 3.8) is 0 Å². The first-order valence-corrected chi connectivity index (χ1v) is 10.1. The minimum Gasteiger partial charge on any atom is -0.481 e. The van der Waals surface area contributed by atoms with Crippen LogP contribution < -0.4 is 0 Å². The second-order valence-electron chi connectivity index (χ2n) is 7.35. The number of nitrogens with zero attached hydrogens (tertiary/aromatic N) is 3. The zero-order chi connectivity index (χ0) is 20.5. The van der Waals surface area contributed by atoms with Gasteiger partial charge in [-0.05, 0) is 12.1 Å². The highest BCUT2D eigenvalue weighted by molar-refractivity contribution is 7.91. The number of sulfone groups is 1. The maximum Gasteiger partial charge on any atom is 0.442 e. The molecule has 0 aliphatic carbocycles. The van der Waals surface area contributed by atoms with Crippen LogP contribution in [0.15, 0.2) is 34.5 Å². The molecular formula is C16H14F3N3O5S. The molecule has 3 aliphatic rings. The number of alkyl halides is 3. The summed E-state index contributed by atoms with van der Waals surface area (Å²) in [6, 6.07) is 4.78. The van der Waals surface area contributed by atoms with E-state index in [0.717, 1.165) is 12.1 Å². The minimum atomic E-state index is -4.74. The summed E-state index contributed by atoms with van der Waals surface area (Å²) in [5, 5.41) is 15.8. The first-order chi connectivity index (χ1) is 12.9. The molecule has 0 spiro atoms. The van der Waals surface area contributed by atoms with Gasteiger partial charge in [0.15, 0.2) is 9.84 Å². The lowest BCUT2D eigenvalue weighted by atomic mass is 9.81. The van der Waals surface area contributed by atoms with Gasteiger partial charge < -0.3 is 10.0 Å². The summed E-state index contributed by atoms with van der Waals surface area (Å²) in [6.07, 6.45) is -4.74. The number of carbonyl (C=O) groups is 2. The Bertz CT molecular complexity index is 1020. The van der Waals surface area contributed by atoms with Crippen LogP contribution in [0.25, 0.3) is 0 Å². The van der Waals surface area contributed by atoms with E-state index in [0.29, 0.717) is 0 Å². The highest BCUT2D eigenvalue weighted by Crippen LogP contribution is 2.52. The van der Waals surface area contributed by atoms with Crippen molar-refractivity contribution in [2.45, 2.75) is 11.8 Å². The Balaban J connectivity index is 1.61. The molecule has 1 amide bonds. The number of aliphatic carboxylic acids is 1. The summed E-state index contributed by atoms with van der Waals surface area (Å²) in [6.45, 7) is -0.401. The fourth-order valence-corrected chi connectivity index (χ4v) is 6.45. The quantitative estimate of drug-likeness (QED) is 0.799. The topological polar surface area (TPSA) is 116 Å². The molecule has 2 atom stereocenters. The lowest BCUT2D eigenvalue weighted by Gasteiger charge is -2.22. The number of hydrogen-bond acceptors (Lipinski definition) is 6. The molecule has 150 valence electrons. The Kier molecular flexibility index (Phi) is 3.72. The largest absolute Gasteiger partial charge is 0.481 e. The van der Waals surface area contributed by atoms with E-state index in [-0.39, 0.29) is 30.0 Å². The molecule has 4 rings (SSSR count). The third-order valence-corrected chi connectivity index (χ3v) is 7.41. The summed E-state index contributed by atoms with van der Waals surface area (Å²) >= 11 is 0. The number of carbonyl (C=O) groups excluding carboxylic acids is 1. The normalized spacial score (nSPS) is 29.5. The van der Waals surface area contributed by atoms with Crippen LogP contribution in [-0.2, 0) is 20.3 Å². The van der Waals surface area contributed by atoms with Crippen LogP contribution in [0, 0.1) is 11.3 Å². The van der Waals surface area contributed by atoms with Gasteiger partial charge in [0.2, 0.25) is 0 Å². The Hall–Kier alpha value is -2.50. The number of carboxylic acids is 1. The van der Waals surface area contributed by atoms with Crippen LogP contribution in [0.5, 0.6) is 0 Å². The number of hydrogen-bond donors (Lipinski definition) is 1. The van der Waals surface area contributed by atoms with Crippen molar-refractivity contribution >= 4 is 21.7 Å². The second kappa shape index (κ2) is 5.52. The number of rotatable bonds is 3. The summed E-state index contributed by atoms with van der Waals surface area (Å²) in [4.78, 5) is 25.7. The monoisotopic (exact) mass is 417 g/mol. The van der Waals surface area contributed by atoms with Crippen LogP contribution in [0.4, 0.5) is 13.2 Å². The Morgan fingerprint density at radius 3 is 2.46 bits per heavy atom. The Labute approximate surface area is 157 Å². The van der Waals surface area contributed by atoms with Gasteiger partial charge in [-0.2, -0.15) is 13.2 Å². The van der Waals surface area contributed by atoms with Gasteiger partial charge >= 0.3 is 17.8 Å². The maximum atomic E-state index is 13.2. The number of amides is 1. The number of fused-ring (bicyclic) bond motifs is 1. The number of likely N-dealkylation sites (tertiary alicyclic amines) is 1. The van der Waals surface area contributed by atoms with E-state index >= 15 is 0 Å². The first-order valence-electron chi connectivity index (χ1n) is 8.25. The van der Waals surface area contributed by atoms with Crippen molar-refractivity contribution in [2.24, 2.45) is 21.6 Å². The highest BCUT2D eigenvalue weighted by Gasteiger charge is 2.65. The van der Waals surface area contributed by atoms with Gasteiger partial charge in [0.05, 0.1) is 11.5 Å². The van der Waals surface area contributed by atoms with Crippen LogP contribution in [0.1, 0.15) is 15.9 Å². The molecule has 2 fully saturated rings. The first kappa shape index (κ1) is 18.8. The molecule has 0 radical (unpaired) electrons. The van der Waals surface area contributed by atoms with Crippen molar-refractivity contribution in [1.29, 1.82) is 0 Å². The van der Waals surface area contributed by atoms with Crippen LogP contribution in [-0.4, -0.2) is 61.1 Å². The molecule has 0 bridgehead atoms. The van der Waals surface area contributed by atoms with E-state index in [4.69, 9.17) is 0 Å². The van der Waals surface area contributed by atoms with Crippen molar-refractivity contribution in [3.8, 4) is 0 Å². The average molecular weight is 417 g/mol.